The van der Waals surface area contributed by atoms with Gasteiger partial charge in [0.05, 0.1) is 23.4 Å². The average molecular weight is 527 g/mol. The molecule has 0 bridgehead atoms. The lowest BCUT2D eigenvalue weighted by molar-refractivity contribution is -0.153. The summed E-state index contributed by atoms with van der Waals surface area (Å²) < 4.78 is 18.9. The first-order valence-corrected chi connectivity index (χ1v) is 11.6. The van der Waals surface area contributed by atoms with Gasteiger partial charge < -0.3 is 30.3 Å². The van der Waals surface area contributed by atoms with Gasteiger partial charge in [0.1, 0.15) is 11.6 Å². The van der Waals surface area contributed by atoms with Gasteiger partial charge in [0.25, 0.3) is 0 Å². The zero-order valence-corrected chi connectivity index (χ0v) is 20.1. The van der Waals surface area contributed by atoms with E-state index in [9.17, 15) is 38.5 Å². The number of rotatable bonds is 6. The van der Waals surface area contributed by atoms with E-state index in [-0.39, 0.29) is 43.1 Å². The molecule has 0 saturated carbocycles. The number of amides is 5. The van der Waals surface area contributed by atoms with Crippen LogP contribution in [-0.4, -0.2) is 87.3 Å². The number of urea groups is 1. The second-order valence-electron chi connectivity index (χ2n) is 8.55. The van der Waals surface area contributed by atoms with E-state index >= 15 is 0 Å². The summed E-state index contributed by atoms with van der Waals surface area (Å²) >= 11 is 0. The van der Waals surface area contributed by atoms with Gasteiger partial charge in [0.15, 0.2) is 6.04 Å². The van der Waals surface area contributed by atoms with Gasteiger partial charge in [-0.25, -0.2) is 14.0 Å². The topological polar surface area (TPSA) is 178 Å². The Morgan fingerprint density at radius 1 is 1.21 bits per heavy atom. The van der Waals surface area contributed by atoms with Gasteiger partial charge in [-0.3, -0.25) is 24.3 Å². The third-order valence-electron chi connectivity index (χ3n) is 6.19. The zero-order chi connectivity index (χ0) is 27.6. The van der Waals surface area contributed by atoms with E-state index in [1.54, 1.807) is 13.0 Å². The maximum absolute atomic E-state index is 13.5. The molecule has 2 aromatic rings. The largest absolute Gasteiger partial charge is 0.547 e. The Bertz CT molecular complexity index is 1290. The number of piperazine rings is 1. The summed E-state index contributed by atoms with van der Waals surface area (Å²) in [7, 11) is -1.63. The molecule has 1 aromatic carbocycles. The minimum atomic E-state index is -1.63. The second-order valence-corrected chi connectivity index (χ2v) is 8.55. The van der Waals surface area contributed by atoms with Crippen molar-refractivity contribution >= 4 is 36.8 Å². The third kappa shape index (κ3) is 5.27. The molecular formula is C23H23BFN5O8. The number of para-hydroxylation sites is 1. The molecule has 1 fully saturated rings. The predicted octanol–water partition coefficient (Wildman–Crippen LogP) is -0.500. The fourth-order valence-electron chi connectivity index (χ4n) is 4.19. The van der Waals surface area contributed by atoms with E-state index in [0.29, 0.717) is 10.5 Å². The van der Waals surface area contributed by atoms with Gasteiger partial charge >= 0.3 is 30.9 Å². The standard InChI is InChI=1S/C23H23BFN5O8/c1-2-29-8-9-30(21(33)20(29)32)23(36)28-17(15-7-6-13(25)11-26-15)19(31)27-16-10-12-4-3-5-14(22(34)35)18(12)38-24(16)37/h3-7,11,16-17,37H,2,8-10H2,1H3,(H,27,31)(H,28,36)(H,34,35)/t16-,17?/m0/s1. The Morgan fingerprint density at radius 2 is 1.97 bits per heavy atom. The van der Waals surface area contributed by atoms with Gasteiger partial charge in [-0.2, -0.15) is 0 Å². The lowest BCUT2D eigenvalue weighted by atomic mass is 9.72. The highest BCUT2D eigenvalue weighted by atomic mass is 19.1. The summed E-state index contributed by atoms with van der Waals surface area (Å²) in [6, 6.07) is 3.97. The minimum absolute atomic E-state index is 0.00711. The van der Waals surface area contributed by atoms with Crippen LogP contribution in [0, 0.1) is 5.82 Å². The molecule has 2 atom stereocenters. The van der Waals surface area contributed by atoms with E-state index in [2.05, 4.69) is 15.6 Å². The summed E-state index contributed by atoms with van der Waals surface area (Å²) in [5.74, 6) is -5.85. The molecule has 1 aromatic heterocycles. The molecule has 0 aliphatic carbocycles. The van der Waals surface area contributed by atoms with Crippen molar-refractivity contribution in [1.29, 1.82) is 0 Å². The number of pyridine rings is 1. The van der Waals surface area contributed by atoms with E-state index in [1.807, 2.05) is 0 Å². The Morgan fingerprint density at radius 3 is 2.63 bits per heavy atom. The molecule has 3 heterocycles. The molecule has 38 heavy (non-hydrogen) atoms. The summed E-state index contributed by atoms with van der Waals surface area (Å²) in [6.45, 7) is 1.98. The number of imide groups is 1. The van der Waals surface area contributed by atoms with Crippen molar-refractivity contribution in [1.82, 2.24) is 25.4 Å². The van der Waals surface area contributed by atoms with Crippen LogP contribution in [0.15, 0.2) is 36.5 Å². The number of carboxylic acid groups (broad SMARTS) is 1. The third-order valence-corrected chi connectivity index (χ3v) is 6.19. The number of nitrogens with one attached hydrogen (secondary N) is 2. The number of nitrogens with zero attached hydrogens (tertiary/aromatic N) is 3. The van der Waals surface area contributed by atoms with Crippen LogP contribution in [0.25, 0.3) is 0 Å². The number of hydrogen-bond donors (Lipinski definition) is 4. The summed E-state index contributed by atoms with van der Waals surface area (Å²) in [5, 5.41) is 24.7. The molecule has 2 aliphatic rings. The summed E-state index contributed by atoms with van der Waals surface area (Å²) in [4.78, 5) is 68.1. The number of fused-ring (bicyclic) bond motifs is 1. The fourth-order valence-corrected chi connectivity index (χ4v) is 4.19. The van der Waals surface area contributed by atoms with E-state index in [0.717, 1.165) is 18.3 Å². The molecule has 1 unspecified atom stereocenters. The van der Waals surface area contributed by atoms with Gasteiger partial charge in [0.2, 0.25) is 5.91 Å². The van der Waals surface area contributed by atoms with E-state index in [4.69, 9.17) is 4.65 Å². The van der Waals surface area contributed by atoms with Crippen LogP contribution in [0.4, 0.5) is 9.18 Å². The van der Waals surface area contributed by atoms with Crippen LogP contribution >= 0.6 is 0 Å². The Hall–Kier alpha value is -4.53. The monoisotopic (exact) mass is 527 g/mol. The SMILES string of the molecule is CCN1CCN(C(=O)NC(C(=O)N[C@H]2Cc3cccc(C(=O)O)c3OB2O)c2ccc(F)cn2)C(=O)C1=O. The highest BCUT2D eigenvalue weighted by Gasteiger charge is 2.41. The summed E-state index contributed by atoms with van der Waals surface area (Å²) in [6.07, 6.45) is 0.825. The van der Waals surface area contributed by atoms with E-state index in [1.165, 1.54) is 17.0 Å². The molecule has 4 rings (SSSR count). The van der Waals surface area contributed by atoms with Crippen LogP contribution in [-0.2, 0) is 20.8 Å². The number of aromatic carboxylic acids is 1. The van der Waals surface area contributed by atoms with Crippen LogP contribution in [0.5, 0.6) is 5.75 Å². The first kappa shape index (κ1) is 26.5. The van der Waals surface area contributed by atoms with Gasteiger partial charge in [0, 0.05) is 19.6 Å². The number of aromatic nitrogens is 1. The average Bonchev–Trinajstić information content (AvgIpc) is 2.89. The van der Waals surface area contributed by atoms with Gasteiger partial charge in [-0.1, -0.05) is 12.1 Å². The number of benzene rings is 1. The van der Waals surface area contributed by atoms with Crippen molar-refractivity contribution in [3.05, 3.63) is 59.2 Å². The number of carbonyl (C=O) groups is 5. The van der Waals surface area contributed by atoms with Crippen LogP contribution in [0.1, 0.15) is 34.6 Å². The Balaban J connectivity index is 1.54. The predicted molar refractivity (Wildman–Crippen MR) is 127 cm³/mol. The van der Waals surface area contributed by atoms with Crippen LogP contribution < -0.4 is 15.3 Å². The molecule has 15 heteroatoms. The van der Waals surface area contributed by atoms with Gasteiger partial charge in [-0.05, 0) is 37.1 Å². The highest BCUT2D eigenvalue weighted by Crippen LogP contribution is 2.30. The number of carbonyl (C=O) groups excluding carboxylic acids is 4. The highest BCUT2D eigenvalue weighted by molar-refractivity contribution is 6.47. The normalized spacial score (nSPS) is 17.9. The zero-order valence-electron chi connectivity index (χ0n) is 20.1. The maximum Gasteiger partial charge on any atom is 0.547 e. The Kier molecular flexibility index (Phi) is 7.57. The molecular weight excluding hydrogens is 504 g/mol. The molecule has 13 nitrogen and oxygen atoms in total. The minimum Gasteiger partial charge on any atom is -0.534 e. The van der Waals surface area contributed by atoms with Gasteiger partial charge in [-0.15, -0.1) is 0 Å². The lowest BCUT2D eigenvalue weighted by Gasteiger charge is -2.33. The Labute approximate surface area is 215 Å². The number of halogens is 1. The maximum atomic E-state index is 13.5. The lowest BCUT2D eigenvalue weighted by Crippen LogP contribution is -2.60. The van der Waals surface area contributed by atoms with Crippen LogP contribution in [0.2, 0.25) is 0 Å². The quantitative estimate of drug-likeness (QED) is 0.285. The molecule has 4 N–H and O–H groups in total. The van der Waals surface area contributed by atoms with Crippen molar-refractivity contribution in [3.63, 3.8) is 0 Å². The van der Waals surface area contributed by atoms with Crippen molar-refractivity contribution in [2.45, 2.75) is 25.3 Å². The first-order valence-electron chi connectivity index (χ1n) is 11.6. The first-order chi connectivity index (χ1) is 18.1. The smallest absolute Gasteiger partial charge is 0.534 e. The molecule has 0 radical (unpaired) electrons. The molecule has 198 valence electrons. The number of carboxylic acids is 1. The number of likely N-dealkylation sites (N-methyl/N-ethyl adjacent to an activating group) is 1. The molecule has 1 saturated heterocycles. The van der Waals surface area contributed by atoms with Crippen molar-refractivity contribution < 1.29 is 43.1 Å². The van der Waals surface area contributed by atoms with Crippen LogP contribution in [0.3, 0.4) is 0 Å². The van der Waals surface area contributed by atoms with Crippen molar-refractivity contribution in [3.8, 4) is 5.75 Å². The fraction of sp³-hybridized carbons (Fsp3) is 0.304. The van der Waals surface area contributed by atoms with Crippen molar-refractivity contribution in [2.75, 3.05) is 19.6 Å². The van der Waals surface area contributed by atoms with Crippen molar-refractivity contribution in [2.24, 2.45) is 0 Å². The second kappa shape index (κ2) is 10.8. The molecule has 5 amide bonds. The molecule has 0 spiro atoms. The molecule has 2 aliphatic heterocycles. The van der Waals surface area contributed by atoms with E-state index < -0.39 is 54.6 Å². The number of hydrogen-bond acceptors (Lipinski definition) is 8. The summed E-state index contributed by atoms with van der Waals surface area (Å²) in [5.41, 5.74) is 0.177.